The highest BCUT2D eigenvalue weighted by atomic mass is 79.9. The van der Waals surface area contributed by atoms with E-state index in [0.717, 1.165) is 30.2 Å². The Morgan fingerprint density at radius 1 is 0.771 bits per heavy atom. The second-order valence-electron chi connectivity index (χ2n) is 7.86. The fraction of sp³-hybridized carbons (Fsp3) is 0.222. The number of anilines is 1. The molecule has 7 nitrogen and oxygen atoms in total. The van der Waals surface area contributed by atoms with Crippen molar-refractivity contribution in [3.05, 3.63) is 94.0 Å². The first-order valence-electron chi connectivity index (χ1n) is 11.5. The van der Waals surface area contributed by atoms with Crippen LogP contribution >= 0.6 is 15.9 Å². The van der Waals surface area contributed by atoms with E-state index in [1.807, 2.05) is 6.07 Å². The lowest BCUT2D eigenvalue weighted by molar-refractivity contribution is 0.0844. The number of halogens is 1. The lowest BCUT2D eigenvalue weighted by Gasteiger charge is -2.13. The number of hydrogen-bond acceptors (Lipinski definition) is 4. The molecule has 0 unspecified atom stereocenters. The van der Waals surface area contributed by atoms with Crippen molar-refractivity contribution in [3.63, 3.8) is 0 Å². The normalized spacial score (nSPS) is 10.3. The molecule has 0 heterocycles. The molecule has 0 saturated carbocycles. The van der Waals surface area contributed by atoms with Gasteiger partial charge in [-0.05, 0) is 61.0 Å². The molecule has 0 spiro atoms. The molecule has 0 aliphatic rings. The van der Waals surface area contributed by atoms with Crippen LogP contribution in [0, 0.1) is 0 Å². The van der Waals surface area contributed by atoms with Crippen molar-refractivity contribution in [1.82, 2.24) is 10.9 Å². The third-order valence-electron chi connectivity index (χ3n) is 5.17. The molecule has 0 aliphatic carbocycles. The number of unbranched alkanes of at least 4 members (excludes halogenated alkanes) is 3. The van der Waals surface area contributed by atoms with E-state index in [2.05, 4.69) is 39.0 Å². The van der Waals surface area contributed by atoms with Gasteiger partial charge in [0, 0.05) is 21.3 Å². The Morgan fingerprint density at radius 3 is 2.17 bits per heavy atom. The van der Waals surface area contributed by atoms with Gasteiger partial charge in [0.05, 0.1) is 12.2 Å². The predicted octanol–water partition coefficient (Wildman–Crippen LogP) is 5.74. The number of rotatable bonds is 10. The van der Waals surface area contributed by atoms with Crippen LogP contribution in [-0.2, 0) is 0 Å². The van der Waals surface area contributed by atoms with Crippen LogP contribution in [-0.4, -0.2) is 24.3 Å². The van der Waals surface area contributed by atoms with Crippen LogP contribution < -0.4 is 20.9 Å². The van der Waals surface area contributed by atoms with E-state index in [9.17, 15) is 14.4 Å². The summed E-state index contributed by atoms with van der Waals surface area (Å²) < 4.78 is 6.52. The van der Waals surface area contributed by atoms with Gasteiger partial charge in [-0.15, -0.1) is 0 Å². The van der Waals surface area contributed by atoms with Crippen LogP contribution in [0.3, 0.4) is 0 Å². The maximum Gasteiger partial charge on any atom is 0.273 e. The first-order chi connectivity index (χ1) is 17.0. The zero-order valence-electron chi connectivity index (χ0n) is 19.5. The van der Waals surface area contributed by atoms with Crippen molar-refractivity contribution in [1.29, 1.82) is 0 Å². The highest BCUT2D eigenvalue weighted by Gasteiger charge is 2.15. The molecule has 0 aromatic heterocycles. The summed E-state index contributed by atoms with van der Waals surface area (Å²) in [5, 5.41) is 2.78. The lowest BCUT2D eigenvalue weighted by atomic mass is 10.1. The number of carbonyl (C=O) groups is 3. The summed E-state index contributed by atoms with van der Waals surface area (Å²) in [5.41, 5.74) is 6.58. The van der Waals surface area contributed by atoms with Crippen LogP contribution in [0.25, 0.3) is 0 Å². The van der Waals surface area contributed by atoms with Crippen molar-refractivity contribution in [3.8, 4) is 5.75 Å². The summed E-state index contributed by atoms with van der Waals surface area (Å²) in [6.45, 7) is 2.66. The number of hydrazine groups is 1. The summed E-state index contributed by atoms with van der Waals surface area (Å²) in [5.74, 6) is -0.770. The molecule has 3 N–H and O–H groups in total. The Balaban J connectivity index is 1.55. The summed E-state index contributed by atoms with van der Waals surface area (Å²) in [6.07, 6.45) is 4.25. The maximum atomic E-state index is 12.7. The molecule has 8 heteroatoms. The summed E-state index contributed by atoms with van der Waals surface area (Å²) in [6, 6.07) is 20.4. The molecule has 3 aromatic rings. The van der Waals surface area contributed by atoms with Crippen LogP contribution in [0.2, 0.25) is 0 Å². The van der Waals surface area contributed by atoms with E-state index >= 15 is 0 Å². The van der Waals surface area contributed by atoms with Gasteiger partial charge in [-0.1, -0.05) is 60.3 Å². The Morgan fingerprint density at radius 2 is 1.46 bits per heavy atom. The average molecular weight is 538 g/mol. The second-order valence-corrected chi connectivity index (χ2v) is 8.77. The second kappa shape index (κ2) is 13.3. The zero-order valence-corrected chi connectivity index (χ0v) is 21.1. The first-order valence-corrected chi connectivity index (χ1v) is 12.3. The van der Waals surface area contributed by atoms with Gasteiger partial charge in [0.15, 0.2) is 0 Å². The maximum absolute atomic E-state index is 12.7. The van der Waals surface area contributed by atoms with E-state index in [0.29, 0.717) is 34.7 Å². The van der Waals surface area contributed by atoms with E-state index in [1.54, 1.807) is 66.7 Å². The van der Waals surface area contributed by atoms with Crippen molar-refractivity contribution in [2.75, 3.05) is 11.9 Å². The molecule has 3 aromatic carbocycles. The summed E-state index contributed by atoms with van der Waals surface area (Å²) in [4.78, 5) is 37.5. The first kappa shape index (κ1) is 26.0. The van der Waals surface area contributed by atoms with Crippen molar-refractivity contribution in [2.24, 2.45) is 0 Å². The molecule has 0 aliphatic heterocycles. The van der Waals surface area contributed by atoms with Gasteiger partial charge in [0.1, 0.15) is 5.75 Å². The van der Waals surface area contributed by atoms with E-state index in [-0.39, 0.29) is 5.91 Å². The minimum Gasteiger partial charge on any atom is -0.493 e. The average Bonchev–Trinajstić information content (AvgIpc) is 2.88. The molecule has 3 amide bonds. The number of nitrogens with one attached hydrogen (secondary N) is 3. The van der Waals surface area contributed by atoms with E-state index < -0.39 is 11.8 Å². The van der Waals surface area contributed by atoms with Crippen LogP contribution in [0.15, 0.2) is 77.3 Å². The van der Waals surface area contributed by atoms with Gasteiger partial charge >= 0.3 is 0 Å². The van der Waals surface area contributed by atoms with Crippen LogP contribution in [0.1, 0.15) is 63.7 Å². The largest absolute Gasteiger partial charge is 0.493 e. The van der Waals surface area contributed by atoms with Gasteiger partial charge in [-0.25, -0.2) is 0 Å². The molecule has 0 radical (unpaired) electrons. The topological polar surface area (TPSA) is 96.5 Å². The summed E-state index contributed by atoms with van der Waals surface area (Å²) in [7, 11) is 0. The molecule has 182 valence electrons. The van der Waals surface area contributed by atoms with E-state index in [1.165, 1.54) is 0 Å². The lowest BCUT2D eigenvalue weighted by Crippen LogP contribution is -2.41. The predicted molar refractivity (Wildman–Crippen MR) is 140 cm³/mol. The standard InChI is InChI=1S/C27H28BrN3O4/c1-2-3-4-8-17-35-24-16-13-21(28)18-23(24)27(34)31-30-26(33)20-11-14-22(15-12-20)29-25(32)19-9-6-5-7-10-19/h5-7,9-16,18H,2-4,8,17H2,1H3,(H,29,32)(H,30,33)(H,31,34). The number of benzene rings is 3. The van der Waals surface area contributed by atoms with Crippen molar-refractivity contribution >= 4 is 39.3 Å². The van der Waals surface area contributed by atoms with Crippen LogP contribution in [0.4, 0.5) is 5.69 Å². The van der Waals surface area contributed by atoms with Crippen molar-refractivity contribution < 1.29 is 19.1 Å². The molecular formula is C27H28BrN3O4. The molecule has 0 saturated heterocycles. The molecule has 35 heavy (non-hydrogen) atoms. The Bertz CT molecular complexity index is 1150. The minimum atomic E-state index is -0.491. The molecule has 0 fully saturated rings. The third kappa shape index (κ3) is 7.96. The fourth-order valence-corrected chi connectivity index (χ4v) is 3.63. The SMILES string of the molecule is CCCCCCOc1ccc(Br)cc1C(=O)NNC(=O)c1ccc(NC(=O)c2ccccc2)cc1. The highest BCUT2D eigenvalue weighted by Crippen LogP contribution is 2.23. The Kier molecular flexibility index (Phi) is 9.86. The van der Waals surface area contributed by atoms with Crippen LogP contribution in [0.5, 0.6) is 5.75 Å². The number of hydrogen-bond donors (Lipinski definition) is 3. The minimum absolute atomic E-state index is 0.243. The van der Waals surface area contributed by atoms with Gasteiger partial charge in [-0.3, -0.25) is 25.2 Å². The number of carbonyl (C=O) groups excluding carboxylic acids is 3. The quantitative estimate of drug-likeness (QED) is 0.227. The summed E-state index contributed by atoms with van der Waals surface area (Å²) >= 11 is 3.37. The number of amides is 3. The van der Waals surface area contributed by atoms with Gasteiger partial charge in [0.2, 0.25) is 0 Å². The van der Waals surface area contributed by atoms with Gasteiger partial charge < -0.3 is 10.1 Å². The highest BCUT2D eigenvalue weighted by molar-refractivity contribution is 9.10. The Hall–Kier alpha value is -3.65. The number of ether oxygens (including phenoxy) is 1. The smallest absolute Gasteiger partial charge is 0.273 e. The monoisotopic (exact) mass is 537 g/mol. The molecule has 3 rings (SSSR count). The molecule has 0 bridgehead atoms. The molecular weight excluding hydrogens is 510 g/mol. The zero-order chi connectivity index (χ0) is 25.0. The van der Waals surface area contributed by atoms with Gasteiger partial charge in [0.25, 0.3) is 17.7 Å². The van der Waals surface area contributed by atoms with Crippen molar-refractivity contribution in [2.45, 2.75) is 32.6 Å². The van der Waals surface area contributed by atoms with Gasteiger partial charge in [-0.2, -0.15) is 0 Å². The Labute approximate surface area is 213 Å². The fourth-order valence-electron chi connectivity index (χ4n) is 3.27. The third-order valence-corrected chi connectivity index (χ3v) is 5.67. The van der Waals surface area contributed by atoms with E-state index in [4.69, 9.17) is 4.74 Å². The molecule has 0 atom stereocenters.